The second kappa shape index (κ2) is 44.7. The maximum absolute atomic E-state index is 13.1. The summed E-state index contributed by atoms with van der Waals surface area (Å²) in [7, 11) is 0. The van der Waals surface area contributed by atoms with Gasteiger partial charge in [0.15, 0.2) is 0 Å². The zero-order chi connectivity index (χ0) is 41.7. The molecule has 0 saturated carbocycles. The topological polar surface area (TPSA) is 95.9 Å². The molecule has 0 aromatic carbocycles. The van der Waals surface area contributed by atoms with Crippen LogP contribution in [0.3, 0.4) is 0 Å². The van der Waals surface area contributed by atoms with Crippen molar-refractivity contribution in [2.75, 3.05) is 6.61 Å². The van der Waals surface area contributed by atoms with Crippen LogP contribution in [0.25, 0.3) is 0 Å². The van der Waals surface area contributed by atoms with E-state index in [9.17, 15) is 19.8 Å². The van der Waals surface area contributed by atoms with Gasteiger partial charge in [-0.25, -0.2) is 0 Å². The second-order valence-corrected chi connectivity index (χ2v) is 16.2. The highest BCUT2D eigenvalue weighted by atomic mass is 16.5. The van der Waals surface area contributed by atoms with Gasteiger partial charge in [-0.3, -0.25) is 9.59 Å². The minimum Gasteiger partial charge on any atom is -0.462 e. The largest absolute Gasteiger partial charge is 0.462 e. The number of amides is 1. The molecule has 0 aromatic rings. The van der Waals surface area contributed by atoms with Crippen LogP contribution in [0.2, 0.25) is 0 Å². The highest BCUT2D eigenvalue weighted by molar-refractivity contribution is 5.77. The fourth-order valence-corrected chi connectivity index (χ4v) is 7.04. The van der Waals surface area contributed by atoms with Crippen molar-refractivity contribution in [3.8, 4) is 0 Å². The third-order valence-corrected chi connectivity index (χ3v) is 10.7. The molecule has 0 saturated heterocycles. The highest BCUT2D eigenvalue weighted by Crippen LogP contribution is 2.17. The van der Waals surface area contributed by atoms with Gasteiger partial charge in [-0.1, -0.05) is 216 Å². The Kier molecular flexibility index (Phi) is 42.7. The molecule has 6 nitrogen and oxygen atoms in total. The van der Waals surface area contributed by atoms with Crippen molar-refractivity contribution in [2.24, 2.45) is 0 Å². The van der Waals surface area contributed by atoms with E-state index < -0.39 is 18.2 Å². The van der Waals surface area contributed by atoms with Gasteiger partial charge in [0.25, 0.3) is 0 Å². The molecule has 0 aliphatic heterocycles. The summed E-state index contributed by atoms with van der Waals surface area (Å²) >= 11 is 0. The average molecular weight is 798 g/mol. The normalized spacial score (nSPS) is 13.8. The van der Waals surface area contributed by atoms with E-state index in [0.717, 1.165) is 70.6 Å². The molecule has 330 valence electrons. The number of hydrogen-bond acceptors (Lipinski definition) is 5. The van der Waals surface area contributed by atoms with Crippen molar-refractivity contribution in [2.45, 2.75) is 244 Å². The summed E-state index contributed by atoms with van der Waals surface area (Å²) in [5.41, 5.74) is 0. The van der Waals surface area contributed by atoms with Crippen LogP contribution in [0.5, 0.6) is 0 Å². The van der Waals surface area contributed by atoms with Gasteiger partial charge < -0.3 is 20.3 Å². The molecule has 0 aliphatic carbocycles. The van der Waals surface area contributed by atoms with Crippen LogP contribution in [0.15, 0.2) is 60.8 Å². The van der Waals surface area contributed by atoms with Crippen molar-refractivity contribution in [3.63, 3.8) is 0 Å². The van der Waals surface area contributed by atoms with Gasteiger partial charge >= 0.3 is 5.97 Å². The van der Waals surface area contributed by atoms with E-state index >= 15 is 0 Å². The Morgan fingerprint density at radius 2 is 1.02 bits per heavy atom. The Labute approximate surface area is 352 Å². The van der Waals surface area contributed by atoms with Gasteiger partial charge in [0.2, 0.25) is 5.91 Å². The maximum Gasteiger partial charge on any atom is 0.306 e. The van der Waals surface area contributed by atoms with Gasteiger partial charge in [0.05, 0.1) is 25.2 Å². The number of allylic oxidation sites excluding steroid dienone is 10. The van der Waals surface area contributed by atoms with Gasteiger partial charge in [-0.05, 0) is 57.8 Å². The van der Waals surface area contributed by atoms with Gasteiger partial charge in [0, 0.05) is 6.42 Å². The van der Waals surface area contributed by atoms with E-state index in [4.69, 9.17) is 4.74 Å². The van der Waals surface area contributed by atoms with E-state index in [1.54, 1.807) is 0 Å². The standard InChI is InChI=1S/C51H91NO5/c1-4-7-10-13-16-19-22-23-24-25-26-27-29-31-34-37-40-43-49(54)48(46-53)52-50(55)45-47(42-39-36-33-30-28-20-17-14-11-8-5-2)57-51(56)44-41-38-35-32-21-18-15-12-9-6-3/h8,11-12,14-15,17,20,28,30,33,47-49,53-54H,4-7,9-10,13,16,18-19,21-27,29,31-32,34-46H2,1-3H3,(H,52,55)/b11-8+,15-12-,17-14+,28-20-,33-30-. The zero-order valence-electron chi connectivity index (χ0n) is 37.5. The molecule has 3 unspecified atom stereocenters. The van der Waals surface area contributed by atoms with Crippen molar-refractivity contribution in [3.05, 3.63) is 60.8 Å². The number of aliphatic hydroxyl groups excluding tert-OH is 2. The first-order chi connectivity index (χ1) is 28.0. The minimum atomic E-state index is -0.806. The predicted octanol–water partition coefficient (Wildman–Crippen LogP) is 14.1. The Balaban J connectivity index is 4.54. The van der Waals surface area contributed by atoms with E-state index in [-0.39, 0.29) is 24.9 Å². The molecule has 0 rings (SSSR count). The molecule has 57 heavy (non-hydrogen) atoms. The van der Waals surface area contributed by atoms with Crippen molar-refractivity contribution >= 4 is 11.9 Å². The highest BCUT2D eigenvalue weighted by Gasteiger charge is 2.24. The van der Waals surface area contributed by atoms with Crippen LogP contribution in [0.1, 0.15) is 226 Å². The molecule has 0 heterocycles. The molecule has 0 aliphatic rings. The number of unbranched alkanes of at least 4 members (excludes halogenated alkanes) is 23. The number of carbonyl (C=O) groups excluding carboxylic acids is 2. The van der Waals surface area contributed by atoms with Gasteiger partial charge in [-0.2, -0.15) is 0 Å². The summed E-state index contributed by atoms with van der Waals surface area (Å²) < 4.78 is 5.85. The number of carbonyl (C=O) groups is 2. The van der Waals surface area contributed by atoms with Crippen LogP contribution in [0, 0.1) is 0 Å². The number of hydrogen-bond donors (Lipinski definition) is 3. The summed E-state index contributed by atoms with van der Waals surface area (Å²) in [6, 6.07) is -0.724. The first kappa shape index (κ1) is 54.6. The molecule has 3 N–H and O–H groups in total. The fraction of sp³-hybridized carbons (Fsp3) is 0.765. The molecule has 0 bridgehead atoms. The summed E-state index contributed by atoms with van der Waals surface area (Å²) in [6.45, 7) is 6.25. The monoisotopic (exact) mass is 798 g/mol. The molecular weight excluding hydrogens is 707 g/mol. The first-order valence-electron chi connectivity index (χ1n) is 24.1. The minimum absolute atomic E-state index is 0.0271. The SMILES string of the molecule is CC/C=C/C=C/C=C\C=C/CCCC(CC(=O)NC(CO)C(O)CCCCCCCCCCCCCCCCCCC)OC(=O)CCCCCCC/C=C\CCC. The third kappa shape index (κ3) is 40.1. The third-order valence-electron chi connectivity index (χ3n) is 10.7. The Morgan fingerprint density at radius 3 is 1.58 bits per heavy atom. The van der Waals surface area contributed by atoms with E-state index in [0.29, 0.717) is 19.3 Å². The molecule has 0 fully saturated rings. The van der Waals surface area contributed by atoms with Crippen LogP contribution in [-0.4, -0.2) is 46.9 Å². The van der Waals surface area contributed by atoms with E-state index in [2.05, 4.69) is 50.4 Å². The second-order valence-electron chi connectivity index (χ2n) is 16.2. The molecular formula is C51H91NO5. The number of nitrogens with one attached hydrogen (secondary N) is 1. The van der Waals surface area contributed by atoms with E-state index in [1.807, 2.05) is 36.5 Å². The molecule has 0 spiro atoms. The van der Waals surface area contributed by atoms with Crippen molar-refractivity contribution < 1.29 is 24.5 Å². The molecule has 1 amide bonds. The predicted molar refractivity (Wildman–Crippen MR) is 245 cm³/mol. The summed E-state index contributed by atoms with van der Waals surface area (Å²) in [5, 5.41) is 23.7. The number of rotatable bonds is 42. The van der Waals surface area contributed by atoms with Crippen molar-refractivity contribution in [1.82, 2.24) is 5.32 Å². The van der Waals surface area contributed by atoms with Gasteiger partial charge in [-0.15, -0.1) is 0 Å². The van der Waals surface area contributed by atoms with Crippen LogP contribution in [-0.2, 0) is 14.3 Å². The lowest BCUT2D eigenvalue weighted by Gasteiger charge is -2.24. The quantitative estimate of drug-likeness (QED) is 0.0247. The Hall–Kier alpha value is -2.44. The Bertz CT molecular complexity index is 1030. The van der Waals surface area contributed by atoms with Gasteiger partial charge in [0.1, 0.15) is 6.10 Å². The summed E-state index contributed by atoms with van der Waals surface area (Å²) in [6.07, 6.45) is 54.4. The van der Waals surface area contributed by atoms with Crippen molar-refractivity contribution in [1.29, 1.82) is 0 Å². The van der Waals surface area contributed by atoms with Crippen LogP contribution >= 0.6 is 0 Å². The molecule has 0 radical (unpaired) electrons. The fourth-order valence-electron chi connectivity index (χ4n) is 7.04. The number of ether oxygens (including phenoxy) is 1. The summed E-state index contributed by atoms with van der Waals surface area (Å²) in [5.74, 6) is -0.557. The smallest absolute Gasteiger partial charge is 0.306 e. The first-order valence-corrected chi connectivity index (χ1v) is 24.1. The lowest BCUT2D eigenvalue weighted by atomic mass is 10.0. The number of aliphatic hydroxyl groups is 2. The molecule has 6 heteroatoms. The zero-order valence-corrected chi connectivity index (χ0v) is 37.5. The lowest BCUT2D eigenvalue weighted by Crippen LogP contribution is -2.46. The molecule has 3 atom stereocenters. The summed E-state index contributed by atoms with van der Waals surface area (Å²) in [4.78, 5) is 25.9. The molecule has 0 aromatic heterocycles. The Morgan fingerprint density at radius 1 is 0.526 bits per heavy atom. The lowest BCUT2D eigenvalue weighted by molar-refractivity contribution is -0.151. The number of esters is 1. The average Bonchev–Trinajstić information content (AvgIpc) is 3.20. The van der Waals surface area contributed by atoms with Crippen LogP contribution in [0.4, 0.5) is 0 Å². The van der Waals surface area contributed by atoms with E-state index in [1.165, 1.54) is 109 Å². The maximum atomic E-state index is 13.1. The van der Waals surface area contributed by atoms with Crippen LogP contribution < -0.4 is 5.32 Å².